The van der Waals surface area contributed by atoms with Gasteiger partial charge in [0, 0.05) is 5.88 Å². The predicted octanol–water partition coefficient (Wildman–Crippen LogP) is 3.85. The zero-order valence-corrected chi connectivity index (χ0v) is 9.12. The second kappa shape index (κ2) is 3.06. The Kier molecular flexibility index (Phi) is 2.58. The summed E-state index contributed by atoms with van der Waals surface area (Å²) in [5.41, 5.74) is 0.847. The lowest BCUT2D eigenvalue weighted by Crippen LogP contribution is -2.20. The minimum absolute atomic E-state index is 0.392. The SMILES string of the molecule is C=CCC(C)C1(CCl)CC1(C)C. The third kappa shape index (κ3) is 1.31. The molecular formula is C11H19Cl. The molecule has 0 nitrogen and oxygen atoms in total. The van der Waals surface area contributed by atoms with Crippen LogP contribution in [0, 0.1) is 16.7 Å². The van der Waals surface area contributed by atoms with Crippen LogP contribution in [0.25, 0.3) is 0 Å². The molecule has 1 aliphatic rings. The van der Waals surface area contributed by atoms with E-state index >= 15 is 0 Å². The molecule has 0 aromatic heterocycles. The summed E-state index contributed by atoms with van der Waals surface area (Å²) in [5, 5.41) is 0. The Bertz CT molecular complexity index is 183. The number of rotatable bonds is 4. The molecule has 2 atom stereocenters. The van der Waals surface area contributed by atoms with Gasteiger partial charge in [0.1, 0.15) is 0 Å². The Morgan fingerprint density at radius 3 is 2.33 bits per heavy atom. The zero-order chi connectivity index (χ0) is 9.41. The number of alkyl halides is 1. The molecule has 0 bridgehead atoms. The molecule has 0 saturated heterocycles. The number of hydrogen-bond donors (Lipinski definition) is 0. The molecule has 0 amide bonds. The molecule has 0 heterocycles. The first kappa shape index (κ1) is 10.1. The minimum atomic E-state index is 0.392. The van der Waals surface area contributed by atoms with Crippen molar-refractivity contribution in [2.24, 2.45) is 16.7 Å². The molecule has 1 rings (SSSR count). The fourth-order valence-electron chi connectivity index (χ4n) is 2.42. The maximum atomic E-state index is 6.04. The molecule has 1 saturated carbocycles. The van der Waals surface area contributed by atoms with Crippen LogP contribution in [0.5, 0.6) is 0 Å². The predicted molar refractivity (Wildman–Crippen MR) is 55.5 cm³/mol. The largest absolute Gasteiger partial charge is 0.126 e. The molecule has 70 valence electrons. The molecule has 0 spiro atoms. The fourth-order valence-corrected chi connectivity index (χ4v) is 3.14. The Labute approximate surface area is 81.0 Å². The van der Waals surface area contributed by atoms with E-state index in [0.717, 1.165) is 12.3 Å². The van der Waals surface area contributed by atoms with Crippen LogP contribution in [0.4, 0.5) is 0 Å². The second-order valence-corrected chi connectivity index (χ2v) is 5.04. The molecular weight excluding hydrogens is 168 g/mol. The Morgan fingerprint density at radius 1 is 1.58 bits per heavy atom. The van der Waals surface area contributed by atoms with E-state index in [1.807, 2.05) is 6.08 Å². The van der Waals surface area contributed by atoms with Crippen molar-refractivity contribution >= 4 is 11.6 Å². The van der Waals surface area contributed by atoms with E-state index in [9.17, 15) is 0 Å². The second-order valence-electron chi connectivity index (χ2n) is 4.78. The van der Waals surface area contributed by atoms with E-state index in [0.29, 0.717) is 16.7 Å². The maximum absolute atomic E-state index is 6.04. The third-order valence-corrected chi connectivity index (χ3v) is 4.16. The average Bonchev–Trinajstić information content (AvgIpc) is 2.55. The highest BCUT2D eigenvalue weighted by Gasteiger charge is 2.62. The highest BCUT2D eigenvalue weighted by molar-refractivity contribution is 6.18. The lowest BCUT2D eigenvalue weighted by molar-refractivity contribution is 0.295. The third-order valence-electron chi connectivity index (χ3n) is 3.68. The van der Waals surface area contributed by atoms with Crippen molar-refractivity contribution in [3.05, 3.63) is 12.7 Å². The molecule has 1 fully saturated rings. The minimum Gasteiger partial charge on any atom is -0.126 e. The lowest BCUT2D eigenvalue weighted by atomic mass is 9.83. The smallest absolute Gasteiger partial charge is 0.0287 e. The van der Waals surface area contributed by atoms with E-state index in [1.54, 1.807) is 0 Å². The Balaban J connectivity index is 2.65. The van der Waals surface area contributed by atoms with Gasteiger partial charge in [-0.05, 0) is 29.6 Å². The maximum Gasteiger partial charge on any atom is 0.0287 e. The Hall–Kier alpha value is 0.0300. The van der Waals surface area contributed by atoms with E-state index in [2.05, 4.69) is 27.4 Å². The van der Waals surface area contributed by atoms with Crippen molar-refractivity contribution in [1.29, 1.82) is 0 Å². The normalized spacial score (nSPS) is 34.3. The molecule has 0 aromatic carbocycles. The topological polar surface area (TPSA) is 0 Å². The van der Waals surface area contributed by atoms with Gasteiger partial charge in [0.25, 0.3) is 0 Å². The van der Waals surface area contributed by atoms with Crippen molar-refractivity contribution < 1.29 is 0 Å². The van der Waals surface area contributed by atoms with E-state index < -0.39 is 0 Å². The highest BCUT2D eigenvalue weighted by Crippen LogP contribution is 2.68. The van der Waals surface area contributed by atoms with Crippen LogP contribution in [-0.4, -0.2) is 5.88 Å². The summed E-state index contributed by atoms with van der Waals surface area (Å²) in [4.78, 5) is 0. The van der Waals surface area contributed by atoms with Gasteiger partial charge in [0.05, 0.1) is 0 Å². The summed E-state index contributed by atoms with van der Waals surface area (Å²) in [6.45, 7) is 10.7. The van der Waals surface area contributed by atoms with Crippen LogP contribution in [0.15, 0.2) is 12.7 Å². The number of halogens is 1. The van der Waals surface area contributed by atoms with Gasteiger partial charge in [-0.2, -0.15) is 0 Å². The van der Waals surface area contributed by atoms with E-state index in [4.69, 9.17) is 11.6 Å². The van der Waals surface area contributed by atoms with Crippen molar-refractivity contribution in [2.75, 3.05) is 5.88 Å². The standard InChI is InChI=1S/C11H19Cl/c1-5-6-9(2)11(8-12)7-10(11,3)4/h5,9H,1,6-8H2,2-4H3. The van der Waals surface area contributed by atoms with Gasteiger partial charge >= 0.3 is 0 Å². The molecule has 12 heavy (non-hydrogen) atoms. The zero-order valence-electron chi connectivity index (χ0n) is 8.36. The van der Waals surface area contributed by atoms with E-state index in [-0.39, 0.29) is 0 Å². The summed E-state index contributed by atoms with van der Waals surface area (Å²) < 4.78 is 0. The van der Waals surface area contributed by atoms with Gasteiger partial charge in [-0.15, -0.1) is 18.2 Å². The van der Waals surface area contributed by atoms with Crippen LogP contribution >= 0.6 is 11.6 Å². The van der Waals surface area contributed by atoms with Gasteiger partial charge in [-0.1, -0.05) is 26.8 Å². The van der Waals surface area contributed by atoms with Gasteiger partial charge < -0.3 is 0 Å². The van der Waals surface area contributed by atoms with E-state index in [1.165, 1.54) is 6.42 Å². The molecule has 0 radical (unpaired) electrons. The Morgan fingerprint density at radius 2 is 2.08 bits per heavy atom. The van der Waals surface area contributed by atoms with Crippen LogP contribution in [0.3, 0.4) is 0 Å². The molecule has 0 N–H and O–H groups in total. The highest BCUT2D eigenvalue weighted by atomic mass is 35.5. The quantitative estimate of drug-likeness (QED) is 0.462. The van der Waals surface area contributed by atoms with Gasteiger partial charge in [0.2, 0.25) is 0 Å². The van der Waals surface area contributed by atoms with Crippen molar-refractivity contribution in [2.45, 2.75) is 33.6 Å². The summed E-state index contributed by atoms with van der Waals surface area (Å²) in [6, 6.07) is 0. The van der Waals surface area contributed by atoms with Crippen LogP contribution in [0.2, 0.25) is 0 Å². The first-order valence-electron chi connectivity index (χ1n) is 4.67. The molecule has 1 aliphatic carbocycles. The van der Waals surface area contributed by atoms with Gasteiger partial charge in [0.15, 0.2) is 0 Å². The van der Waals surface area contributed by atoms with Crippen LogP contribution in [0.1, 0.15) is 33.6 Å². The monoisotopic (exact) mass is 186 g/mol. The van der Waals surface area contributed by atoms with Gasteiger partial charge in [-0.3, -0.25) is 0 Å². The summed E-state index contributed by atoms with van der Waals surface area (Å²) >= 11 is 6.04. The number of hydrogen-bond acceptors (Lipinski definition) is 0. The first-order valence-corrected chi connectivity index (χ1v) is 5.20. The van der Waals surface area contributed by atoms with Crippen molar-refractivity contribution in [1.82, 2.24) is 0 Å². The van der Waals surface area contributed by atoms with Crippen molar-refractivity contribution in [3.8, 4) is 0 Å². The van der Waals surface area contributed by atoms with Crippen LogP contribution < -0.4 is 0 Å². The summed E-state index contributed by atoms with van der Waals surface area (Å²) in [7, 11) is 0. The lowest BCUT2D eigenvalue weighted by Gasteiger charge is -2.24. The number of allylic oxidation sites excluding steroid dienone is 1. The molecule has 0 aliphatic heterocycles. The first-order chi connectivity index (χ1) is 5.50. The fraction of sp³-hybridized carbons (Fsp3) is 0.818. The van der Waals surface area contributed by atoms with Crippen molar-refractivity contribution in [3.63, 3.8) is 0 Å². The average molecular weight is 187 g/mol. The van der Waals surface area contributed by atoms with Gasteiger partial charge in [-0.25, -0.2) is 0 Å². The summed E-state index contributed by atoms with van der Waals surface area (Å²) in [6.07, 6.45) is 4.38. The van der Waals surface area contributed by atoms with Crippen LogP contribution in [-0.2, 0) is 0 Å². The summed E-state index contributed by atoms with van der Waals surface area (Å²) in [5.74, 6) is 1.48. The molecule has 1 heteroatoms. The molecule has 0 aromatic rings. The molecule has 2 unspecified atom stereocenters.